The Labute approximate surface area is 186 Å². The first-order chi connectivity index (χ1) is 15.4. The van der Waals surface area contributed by atoms with Crippen LogP contribution in [0.25, 0.3) is 28.0 Å². The summed E-state index contributed by atoms with van der Waals surface area (Å²) < 4.78 is 3.05. The number of aryl methyl sites for hydroxylation is 2. The Hall–Kier alpha value is -3.52. The molecule has 0 spiro atoms. The van der Waals surface area contributed by atoms with E-state index in [0.717, 1.165) is 53.2 Å². The van der Waals surface area contributed by atoms with Crippen LogP contribution in [0.5, 0.6) is 0 Å². The van der Waals surface area contributed by atoms with Crippen molar-refractivity contribution in [3.05, 3.63) is 64.3 Å². The monoisotopic (exact) mass is 430 g/mol. The molecule has 0 saturated carbocycles. The summed E-state index contributed by atoms with van der Waals surface area (Å²) in [6.45, 7) is 5.53. The number of hydrogen-bond donors (Lipinski definition) is 1. The zero-order valence-electron chi connectivity index (χ0n) is 18.7. The number of nitrogen functional groups attached to an aromatic ring is 1. The van der Waals surface area contributed by atoms with Gasteiger partial charge in [0.2, 0.25) is 5.65 Å². The second kappa shape index (κ2) is 7.87. The first-order valence-electron chi connectivity index (χ1n) is 11.0. The van der Waals surface area contributed by atoms with Crippen LogP contribution in [0, 0.1) is 13.8 Å². The van der Waals surface area contributed by atoms with E-state index in [4.69, 9.17) is 10.8 Å². The van der Waals surface area contributed by atoms with Crippen LogP contribution in [-0.2, 0) is 6.54 Å². The lowest BCUT2D eigenvalue weighted by molar-refractivity contribution is -0.351. The van der Waals surface area contributed by atoms with E-state index in [-0.39, 0.29) is 11.6 Å². The van der Waals surface area contributed by atoms with Crippen LogP contribution in [0.3, 0.4) is 0 Å². The van der Waals surface area contributed by atoms with Crippen LogP contribution in [0.4, 0.5) is 5.95 Å². The number of hydrogen-bond acceptors (Lipinski definition) is 5. The number of aromatic amines is 1. The molecule has 0 amide bonds. The molecule has 1 fully saturated rings. The van der Waals surface area contributed by atoms with E-state index in [0.29, 0.717) is 18.2 Å². The lowest BCUT2D eigenvalue weighted by Crippen LogP contribution is -2.34. The van der Waals surface area contributed by atoms with E-state index in [9.17, 15) is 4.79 Å². The molecule has 32 heavy (non-hydrogen) atoms. The predicted molar refractivity (Wildman–Crippen MR) is 124 cm³/mol. The quantitative estimate of drug-likeness (QED) is 0.536. The number of H-pyrrole nitrogens is 1. The topological polar surface area (TPSA) is 95.6 Å². The number of fused-ring (bicyclic) bond motifs is 1. The predicted octanol–water partition coefficient (Wildman–Crippen LogP) is 2.33. The maximum Gasteiger partial charge on any atom is 0.411 e. The summed E-state index contributed by atoms with van der Waals surface area (Å²) >= 11 is 0. The zero-order chi connectivity index (χ0) is 22.4. The molecular formula is C24H28N7O+. The van der Waals surface area contributed by atoms with E-state index < -0.39 is 0 Å². The summed E-state index contributed by atoms with van der Waals surface area (Å²) in [4.78, 5) is 23.4. The van der Waals surface area contributed by atoms with Gasteiger partial charge in [-0.2, -0.15) is 4.68 Å². The van der Waals surface area contributed by atoms with Crippen molar-refractivity contribution in [1.82, 2.24) is 24.1 Å². The van der Waals surface area contributed by atoms with Crippen molar-refractivity contribution in [2.24, 2.45) is 0 Å². The molecule has 0 unspecified atom stereocenters. The molecule has 0 aliphatic carbocycles. The third-order valence-electron chi connectivity index (χ3n) is 6.29. The molecule has 5 rings (SSSR count). The third-order valence-corrected chi connectivity index (χ3v) is 6.29. The second-order valence-corrected chi connectivity index (χ2v) is 8.67. The van der Waals surface area contributed by atoms with Crippen LogP contribution in [0.1, 0.15) is 24.2 Å². The van der Waals surface area contributed by atoms with Gasteiger partial charge in [-0.15, -0.1) is 9.50 Å². The average Bonchev–Trinajstić information content (AvgIpc) is 3.31. The van der Waals surface area contributed by atoms with Gasteiger partial charge in [0.1, 0.15) is 5.69 Å². The first kappa shape index (κ1) is 20.4. The number of aromatic nitrogens is 5. The molecule has 0 bridgehead atoms. The van der Waals surface area contributed by atoms with Crippen molar-refractivity contribution in [2.45, 2.75) is 39.3 Å². The fraction of sp³-hybridized carbons (Fsp3) is 0.333. The fourth-order valence-electron chi connectivity index (χ4n) is 4.75. The number of nitrogens with zero attached hydrogens (tertiary/aromatic N) is 5. The molecule has 1 aliphatic heterocycles. The lowest BCUT2D eigenvalue weighted by Gasteiger charge is -2.17. The lowest BCUT2D eigenvalue weighted by atomic mass is 9.99. The number of likely N-dealkylation sites (tertiary alicyclic amines) is 1. The highest BCUT2D eigenvalue weighted by Crippen LogP contribution is 2.33. The number of rotatable bonds is 4. The summed E-state index contributed by atoms with van der Waals surface area (Å²) in [5, 5.41) is 4.81. The summed E-state index contributed by atoms with van der Waals surface area (Å²) in [5.74, 6) is 0.265. The Morgan fingerprint density at radius 2 is 1.84 bits per heavy atom. The molecule has 1 aliphatic rings. The van der Waals surface area contributed by atoms with Crippen LogP contribution in [0.2, 0.25) is 0 Å². The van der Waals surface area contributed by atoms with Gasteiger partial charge in [-0.05, 0) is 58.0 Å². The Morgan fingerprint density at radius 3 is 2.50 bits per heavy atom. The van der Waals surface area contributed by atoms with Crippen LogP contribution < -0.4 is 16.4 Å². The van der Waals surface area contributed by atoms with Crippen molar-refractivity contribution < 1.29 is 4.98 Å². The Bertz CT molecular complexity index is 1340. The molecule has 164 valence electrons. The normalized spacial score (nSPS) is 16.8. The van der Waals surface area contributed by atoms with Gasteiger partial charge < -0.3 is 4.90 Å². The minimum Gasteiger partial charge on any atom is -0.302 e. The highest BCUT2D eigenvalue weighted by molar-refractivity contribution is 5.88. The molecule has 1 atom stereocenters. The third kappa shape index (κ3) is 3.46. The summed E-state index contributed by atoms with van der Waals surface area (Å²) in [6.07, 6.45) is 2.20. The first-order valence-corrected chi connectivity index (χ1v) is 11.0. The Kier molecular flexibility index (Phi) is 5.01. The highest BCUT2D eigenvalue weighted by atomic mass is 16.2. The van der Waals surface area contributed by atoms with Gasteiger partial charge in [-0.3, -0.25) is 10.7 Å². The minimum atomic E-state index is -0.225. The van der Waals surface area contributed by atoms with E-state index >= 15 is 0 Å². The number of nitrogens with two attached hydrogens (primary N) is 1. The fourth-order valence-corrected chi connectivity index (χ4v) is 4.75. The molecule has 4 aromatic rings. The van der Waals surface area contributed by atoms with E-state index in [1.807, 2.05) is 56.3 Å². The second-order valence-electron chi connectivity index (χ2n) is 8.67. The molecule has 3 aromatic heterocycles. The van der Waals surface area contributed by atoms with Crippen molar-refractivity contribution in [2.75, 3.05) is 19.3 Å². The summed E-state index contributed by atoms with van der Waals surface area (Å²) in [5.41, 5.74) is 12.1. The van der Waals surface area contributed by atoms with Crippen molar-refractivity contribution in [3.63, 3.8) is 0 Å². The SMILES string of the molecule is Cc1cc(-c2c(-c3ccccc3)[nH+]c(N)n3c(=O)n(C[C@@H]4CCCN4C)nc23)cc(C)n1. The minimum absolute atomic E-state index is 0.225. The Morgan fingerprint density at radius 1 is 1.12 bits per heavy atom. The van der Waals surface area contributed by atoms with Crippen molar-refractivity contribution in [1.29, 1.82) is 0 Å². The zero-order valence-corrected chi connectivity index (χ0v) is 18.7. The molecule has 0 radical (unpaired) electrons. The van der Waals surface area contributed by atoms with Gasteiger partial charge in [0, 0.05) is 23.0 Å². The standard InChI is InChI=1S/C24H27N7O/c1-15-12-18(13-16(2)26-15)20-21(17-8-5-4-6-9-17)27-23(25)31-22(20)28-30(24(31)32)14-19-10-7-11-29(19)3/h4-6,8-9,12-13,19H,7,10-11,14H2,1-3H3,(H2,25,27)/p+1/t19-/m0/s1. The number of likely N-dealkylation sites (N-methyl/N-ethyl adjacent to an activating group) is 1. The molecule has 8 heteroatoms. The van der Waals surface area contributed by atoms with Crippen molar-refractivity contribution in [3.8, 4) is 22.4 Å². The maximum absolute atomic E-state index is 13.3. The molecule has 1 saturated heterocycles. The molecule has 8 nitrogen and oxygen atoms in total. The van der Waals surface area contributed by atoms with Crippen molar-refractivity contribution >= 4 is 11.6 Å². The number of pyridine rings is 1. The highest BCUT2D eigenvalue weighted by Gasteiger charge is 2.28. The van der Waals surface area contributed by atoms with E-state index in [1.54, 1.807) is 4.68 Å². The number of nitrogens with one attached hydrogen (secondary N) is 1. The van der Waals surface area contributed by atoms with Gasteiger partial charge in [-0.25, -0.2) is 9.78 Å². The van der Waals surface area contributed by atoms with E-state index in [1.165, 1.54) is 4.40 Å². The molecule has 1 aromatic carbocycles. The largest absolute Gasteiger partial charge is 0.411 e. The maximum atomic E-state index is 13.3. The summed E-state index contributed by atoms with van der Waals surface area (Å²) in [6, 6.07) is 14.3. The van der Waals surface area contributed by atoms with Crippen LogP contribution in [0.15, 0.2) is 47.3 Å². The Balaban J connectivity index is 1.80. The molecule has 4 heterocycles. The van der Waals surface area contributed by atoms with Crippen LogP contribution in [-0.4, -0.2) is 43.7 Å². The van der Waals surface area contributed by atoms with Crippen LogP contribution >= 0.6 is 0 Å². The van der Waals surface area contributed by atoms with Gasteiger partial charge in [-0.1, -0.05) is 30.3 Å². The molecule has 3 N–H and O–H groups in total. The van der Waals surface area contributed by atoms with Gasteiger partial charge >= 0.3 is 11.6 Å². The van der Waals surface area contributed by atoms with E-state index in [2.05, 4.69) is 21.9 Å². The van der Waals surface area contributed by atoms with Gasteiger partial charge in [0.15, 0.2) is 0 Å². The van der Waals surface area contributed by atoms with Gasteiger partial charge in [0.25, 0.3) is 0 Å². The smallest absolute Gasteiger partial charge is 0.302 e. The average molecular weight is 431 g/mol. The molecular weight excluding hydrogens is 402 g/mol. The number of benzene rings is 1. The summed E-state index contributed by atoms with van der Waals surface area (Å²) in [7, 11) is 2.10. The van der Waals surface area contributed by atoms with Gasteiger partial charge in [0.05, 0.1) is 12.1 Å². The number of anilines is 1.